The first-order valence-corrected chi connectivity index (χ1v) is 6.86. The summed E-state index contributed by atoms with van der Waals surface area (Å²) in [4.78, 5) is 12.5. The van der Waals surface area contributed by atoms with E-state index in [1.165, 1.54) is 17.5 Å². The molecule has 1 aromatic heterocycles. The minimum atomic E-state index is -0.217. The number of aromatic amines is 1. The second-order valence-electron chi connectivity index (χ2n) is 4.28. The monoisotopic (exact) mass is 279 g/mol. The van der Waals surface area contributed by atoms with Crippen molar-refractivity contribution in [2.75, 3.05) is 20.2 Å². The molecule has 0 spiro atoms. The van der Waals surface area contributed by atoms with Crippen LogP contribution in [0.25, 0.3) is 10.9 Å². The van der Waals surface area contributed by atoms with E-state index in [1.54, 1.807) is 13.1 Å². The number of rotatable bonds is 5. The molecule has 0 bridgehead atoms. The summed E-state index contributed by atoms with van der Waals surface area (Å²) in [6.45, 7) is 4.51. The van der Waals surface area contributed by atoms with Crippen molar-refractivity contribution in [1.29, 1.82) is 0 Å². The number of aromatic nitrogens is 2. The van der Waals surface area contributed by atoms with Gasteiger partial charge in [0.15, 0.2) is 0 Å². The molecule has 0 saturated heterocycles. The molecule has 0 unspecified atom stereocenters. The molecule has 0 aliphatic carbocycles. The number of esters is 1. The average molecular weight is 279 g/mol. The van der Waals surface area contributed by atoms with Crippen molar-refractivity contribution in [3.63, 3.8) is 0 Å². The molecule has 2 rings (SSSR count). The van der Waals surface area contributed by atoms with Crippen LogP contribution >= 0.6 is 11.9 Å². The van der Waals surface area contributed by atoms with Crippen molar-refractivity contribution in [2.24, 2.45) is 0 Å². The second kappa shape index (κ2) is 6.08. The third-order valence-electron chi connectivity index (χ3n) is 2.57. The highest BCUT2D eigenvalue weighted by atomic mass is 32.2. The lowest BCUT2D eigenvalue weighted by molar-refractivity contribution is -0.142. The number of H-pyrrole nitrogens is 1. The molecule has 0 fully saturated rings. The summed E-state index contributed by atoms with van der Waals surface area (Å²) in [5.74, 6) is -0.217. The highest BCUT2D eigenvalue weighted by molar-refractivity contribution is 7.97. The Hall–Kier alpha value is -1.53. The molecule has 1 aromatic carbocycles. The highest BCUT2D eigenvalue weighted by Crippen LogP contribution is 2.29. The van der Waals surface area contributed by atoms with Crippen LogP contribution in [0.4, 0.5) is 0 Å². The van der Waals surface area contributed by atoms with Gasteiger partial charge < -0.3 is 4.74 Å². The molecule has 1 N–H and O–H groups in total. The molecule has 0 atom stereocenters. The molecule has 0 amide bonds. The van der Waals surface area contributed by atoms with Crippen molar-refractivity contribution < 1.29 is 9.53 Å². The number of benzene rings is 1. The molecule has 5 nitrogen and oxygen atoms in total. The zero-order valence-electron chi connectivity index (χ0n) is 11.3. The van der Waals surface area contributed by atoms with Crippen molar-refractivity contribution in [2.45, 2.75) is 18.7 Å². The van der Waals surface area contributed by atoms with Gasteiger partial charge in [0.25, 0.3) is 0 Å². The summed E-state index contributed by atoms with van der Waals surface area (Å²) in [6, 6.07) is 4.15. The zero-order chi connectivity index (χ0) is 13.8. The Morgan fingerprint density at radius 2 is 2.32 bits per heavy atom. The van der Waals surface area contributed by atoms with E-state index in [0.717, 1.165) is 15.8 Å². The van der Waals surface area contributed by atoms with Crippen molar-refractivity contribution in [3.05, 3.63) is 23.9 Å². The molecule has 2 aromatic rings. The van der Waals surface area contributed by atoms with E-state index in [2.05, 4.69) is 22.3 Å². The van der Waals surface area contributed by atoms with Gasteiger partial charge in [-0.1, -0.05) is 0 Å². The van der Waals surface area contributed by atoms with Crippen LogP contribution < -0.4 is 0 Å². The largest absolute Gasteiger partial charge is 0.465 e. The number of nitrogens with zero attached hydrogens (tertiary/aromatic N) is 2. The Kier molecular flexibility index (Phi) is 4.44. The predicted octanol–water partition coefficient (Wildman–Crippen LogP) is 2.37. The molecule has 0 saturated carbocycles. The fourth-order valence-corrected chi connectivity index (χ4v) is 2.83. The Morgan fingerprint density at radius 1 is 1.53 bits per heavy atom. The Balaban J connectivity index is 2.12. The molecule has 19 heavy (non-hydrogen) atoms. The van der Waals surface area contributed by atoms with Crippen molar-refractivity contribution in [1.82, 2.24) is 14.5 Å². The third kappa shape index (κ3) is 3.48. The highest BCUT2D eigenvalue weighted by Gasteiger charge is 2.12. The van der Waals surface area contributed by atoms with Gasteiger partial charge in [0.2, 0.25) is 0 Å². The number of aryl methyl sites for hydroxylation is 1. The van der Waals surface area contributed by atoms with E-state index in [1.807, 2.05) is 18.3 Å². The van der Waals surface area contributed by atoms with Crippen LogP contribution in [0, 0.1) is 6.92 Å². The maximum atomic E-state index is 11.4. The molecule has 0 radical (unpaired) electrons. The fourth-order valence-electron chi connectivity index (χ4n) is 1.83. The van der Waals surface area contributed by atoms with Crippen LogP contribution in [0.1, 0.15) is 12.5 Å². The van der Waals surface area contributed by atoms with Gasteiger partial charge >= 0.3 is 5.97 Å². The second-order valence-corrected chi connectivity index (χ2v) is 5.53. The number of fused-ring (bicyclic) bond motifs is 1. The van der Waals surface area contributed by atoms with E-state index < -0.39 is 0 Å². The van der Waals surface area contributed by atoms with Gasteiger partial charge in [-0.25, -0.2) is 4.31 Å². The van der Waals surface area contributed by atoms with E-state index in [4.69, 9.17) is 4.74 Å². The van der Waals surface area contributed by atoms with Crippen LogP contribution in [0.5, 0.6) is 0 Å². The summed E-state index contributed by atoms with van der Waals surface area (Å²) in [5.41, 5.74) is 2.16. The smallest absolute Gasteiger partial charge is 0.321 e. The lowest BCUT2D eigenvalue weighted by Gasteiger charge is -2.15. The van der Waals surface area contributed by atoms with Gasteiger partial charge in [-0.05, 0) is 50.5 Å². The minimum absolute atomic E-state index is 0.217. The SMILES string of the molecule is CCOC(=O)CN(C)Sc1cc(C)cc2cn[nH]c12. The zero-order valence-corrected chi connectivity index (χ0v) is 12.1. The van der Waals surface area contributed by atoms with Crippen LogP contribution in [0.2, 0.25) is 0 Å². The molecule has 1 heterocycles. The summed E-state index contributed by atoms with van der Waals surface area (Å²) >= 11 is 1.51. The number of hydrogen-bond acceptors (Lipinski definition) is 5. The number of likely N-dealkylation sites (N-methyl/N-ethyl adjacent to an activating group) is 1. The lowest BCUT2D eigenvalue weighted by Crippen LogP contribution is -2.21. The van der Waals surface area contributed by atoms with Crippen LogP contribution in [-0.4, -0.2) is 40.7 Å². The minimum Gasteiger partial charge on any atom is -0.465 e. The van der Waals surface area contributed by atoms with Gasteiger partial charge in [0.05, 0.1) is 18.3 Å². The van der Waals surface area contributed by atoms with Gasteiger partial charge in [-0.3, -0.25) is 9.89 Å². The third-order valence-corrected chi connectivity index (χ3v) is 3.53. The van der Waals surface area contributed by atoms with Gasteiger partial charge in [-0.2, -0.15) is 5.10 Å². The number of hydrogen-bond donors (Lipinski definition) is 1. The Bertz CT molecular complexity index is 582. The summed E-state index contributed by atoms with van der Waals surface area (Å²) in [7, 11) is 1.87. The summed E-state index contributed by atoms with van der Waals surface area (Å²) in [6.07, 6.45) is 1.80. The normalized spacial score (nSPS) is 11.2. The molecule has 6 heteroatoms. The first-order chi connectivity index (χ1) is 9.10. The number of carbonyl (C=O) groups is 1. The van der Waals surface area contributed by atoms with E-state index in [9.17, 15) is 4.79 Å². The Morgan fingerprint density at radius 3 is 3.05 bits per heavy atom. The maximum Gasteiger partial charge on any atom is 0.321 e. The molecule has 0 aliphatic rings. The van der Waals surface area contributed by atoms with Gasteiger partial charge in [-0.15, -0.1) is 0 Å². The first kappa shape index (κ1) is 13.9. The number of ether oxygens (including phenoxy) is 1. The molecular formula is C13H17N3O2S. The average Bonchev–Trinajstić information content (AvgIpc) is 2.76. The van der Waals surface area contributed by atoms with E-state index >= 15 is 0 Å². The number of nitrogens with one attached hydrogen (secondary N) is 1. The summed E-state index contributed by atoms with van der Waals surface area (Å²) in [5, 5.41) is 8.11. The number of carbonyl (C=O) groups excluding carboxylic acids is 1. The molecular weight excluding hydrogens is 262 g/mol. The predicted molar refractivity (Wildman–Crippen MR) is 76.0 cm³/mol. The van der Waals surface area contributed by atoms with E-state index in [0.29, 0.717) is 6.61 Å². The van der Waals surface area contributed by atoms with E-state index in [-0.39, 0.29) is 12.5 Å². The quantitative estimate of drug-likeness (QED) is 0.672. The molecule has 0 aliphatic heterocycles. The van der Waals surface area contributed by atoms with Gasteiger partial charge in [0, 0.05) is 10.3 Å². The maximum absolute atomic E-state index is 11.4. The van der Waals surface area contributed by atoms with Crippen LogP contribution in [0.3, 0.4) is 0 Å². The Labute approximate surface area is 116 Å². The summed E-state index contributed by atoms with van der Waals surface area (Å²) < 4.78 is 6.79. The van der Waals surface area contributed by atoms with Crippen LogP contribution in [-0.2, 0) is 9.53 Å². The first-order valence-electron chi connectivity index (χ1n) is 6.08. The standard InChI is InChI=1S/C13H17N3O2S/c1-4-18-12(17)8-16(3)19-11-6-9(2)5-10-7-14-15-13(10)11/h5-7H,4,8H2,1-3H3,(H,14,15). The lowest BCUT2D eigenvalue weighted by atomic mass is 10.2. The van der Waals surface area contributed by atoms with Crippen molar-refractivity contribution in [3.8, 4) is 0 Å². The molecule has 102 valence electrons. The van der Waals surface area contributed by atoms with Crippen molar-refractivity contribution >= 4 is 28.8 Å². The van der Waals surface area contributed by atoms with Crippen LogP contribution in [0.15, 0.2) is 23.2 Å². The topological polar surface area (TPSA) is 58.2 Å². The van der Waals surface area contributed by atoms with Gasteiger partial charge in [0.1, 0.15) is 6.54 Å². The fraction of sp³-hybridized carbons (Fsp3) is 0.385.